The smallest absolute Gasteiger partial charge is 0.313 e. The second kappa shape index (κ2) is 9.81. The lowest BCUT2D eigenvalue weighted by molar-refractivity contribution is -0.136. The standard InChI is InChI=1S/C19H21N3O5/c1-13(23)21-14-4-3-5-15(12-14)22-19(25)18(24)20-10-11-27-17-8-6-16(26-2)7-9-17/h3-9,12H,10-11H2,1-2H3,(H,20,24)(H,21,23)(H,22,25). The molecule has 0 aliphatic rings. The van der Waals surface area contributed by atoms with E-state index in [1.54, 1.807) is 55.6 Å². The summed E-state index contributed by atoms with van der Waals surface area (Å²) < 4.78 is 10.5. The Hall–Kier alpha value is -3.55. The number of nitrogens with one attached hydrogen (secondary N) is 3. The van der Waals surface area contributed by atoms with E-state index < -0.39 is 11.8 Å². The average Bonchev–Trinajstić information content (AvgIpc) is 2.65. The minimum atomic E-state index is -0.806. The van der Waals surface area contributed by atoms with Crippen molar-refractivity contribution in [1.29, 1.82) is 0 Å². The Labute approximate surface area is 156 Å². The van der Waals surface area contributed by atoms with Crippen molar-refractivity contribution in [3.63, 3.8) is 0 Å². The number of rotatable bonds is 7. The normalized spacial score (nSPS) is 9.85. The van der Waals surface area contributed by atoms with Crippen LogP contribution < -0.4 is 25.4 Å². The molecule has 0 aliphatic carbocycles. The SMILES string of the molecule is COc1ccc(OCCNC(=O)C(=O)Nc2cccc(NC(C)=O)c2)cc1. The van der Waals surface area contributed by atoms with Crippen LogP contribution in [0.4, 0.5) is 11.4 Å². The van der Waals surface area contributed by atoms with Crippen LogP contribution in [0.5, 0.6) is 11.5 Å². The van der Waals surface area contributed by atoms with Crippen LogP contribution in [0.3, 0.4) is 0 Å². The van der Waals surface area contributed by atoms with Gasteiger partial charge in [-0.2, -0.15) is 0 Å². The van der Waals surface area contributed by atoms with E-state index in [1.165, 1.54) is 6.92 Å². The molecule has 2 rings (SSSR count). The maximum Gasteiger partial charge on any atom is 0.313 e. The van der Waals surface area contributed by atoms with E-state index in [-0.39, 0.29) is 19.1 Å². The van der Waals surface area contributed by atoms with Gasteiger partial charge in [0.25, 0.3) is 0 Å². The molecule has 2 aromatic rings. The van der Waals surface area contributed by atoms with Gasteiger partial charge in [0, 0.05) is 18.3 Å². The third-order valence-electron chi connectivity index (χ3n) is 3.36. The lowest BCUT2D eigenvalue weighted by Crippen LogP contribution is -2.37. The van der Waals surface area contributed by atoms with Gasteiger partial charge >= 0.3 is 11.8 Å². The van der Waals surface area contributed by atoms with Crippen LogP contribution in [0.2, 0.25) is 0 Å². The molecule has 2 aromatic carbocycles. The minimum absolute atomic E-state index is 0.171. The first kappa shape index (κ1) is 19.8. The van der Waals surface area contributed by atoms with Gasteiger partial charge in [0.2, 0.25) is 5.91 Å². The zero-order chi connectivity index (χ0) is 19.6. The van der Waals surface area contributed by atoms with Gasteiger partial charge < -0.3 is 25.4 Å². The van der Waals surface area contributed by atoms with Gasteiger partial charge in [-0.25, -0.2) is 0 Å². The van der Waals surface area contributed by atoms with Crippen molar-refractivity contribution in [2.24, 2.45) is 0 Å². The lowest BCUT2D eigenvalue weighted by atomic mass is 10.2. The number of anilines is 2. The summed E-state index contributed by atoms with van der Waals surface area (Å²) in [6, 6.07) is 13.5. The summed E-state index contributed by atoms with van der Waals surface area (Å²) in [7, 11) is 1.58. The first-order valence-electron chi connectivity index (χ1n) is 8.21. The van der Waals surface area contributed by atoms with Crippen LogP contribution in [-0.4, -0.2) is 38.0 Å². The van der Waals surface area contributed by atoms with Gasteiger partial charge in [-0.05, 0) is 42.5 Å². The molecule has 3 amide bonds. The molecule has 0 aromatic heterocycles. The molecular formula is C19H21N3O5. The Morgan fingerprint density at radius 3 is 2.15 bits per heavy atom. The fourth-order valence-corrected chi connectivity index (χ4v) is 2.15. The van der Waals surface area contributed by atoms with Gasteiger partial charge in [-0.1, -0.05) is 6.07 Å². The summed E-state index contributed by atoms with van der Waals surface area (Å²) in [5.41, 5.74) is 0.921. The minimum Gasteiger partial charge on any atom is -0.497 e. The van der Waals surface area contributed by atoms with Crippen LogP contribution >= 0.6 is 0 Å². The molecule has 27 heavy (non-hydrogen) atoms. The quantitative estimate of drug-likeness (QED) is 0.508. The summed E-state index contributed by atoms with van der Waals surface area (Å²) >= 11 is 0. The first-order valence-corrected chi connectivity index (χ1v) is 8.21. The van der Waals surface area contributed by atoms with Crippen molar-refractivity contribution in [1.82, 2.24) is 5.32 Å². The summed E-state index contributed by atoms with van der Waals surface area (Å²) in [6.07, 6.45) is 0. The highest BCUT2D eigenvalue weighted by Gasteiger charge is 2.13. The predicted octanol–water partition coefficient (Wildman–Crippen LogP) is 1.79. The summed E-state index contributed by atoms with van der Waals surface area (Å²) in [5.74, 6) is -0.468. The number of carbonyl (C=O) groups is 3. The summed E-state index contributed by atoms with van der Waals surface area (Å²) in [4.78, 5) is 34.8. The second-order valence-corrected chi connectivity index (χ2v) is 5.50. The van der Waals surface area contributed by atoms with Crippen molar-refractivity contribution >= 4 is 29.1 Å². The molecule has 8 nitrogen and oxygen atoms in total. The van der Waals surface area contributed by atoms with Crippen LogP contribution in [-0.2, 0) is 14.4 Å². The van der Waals surface area contributed by atoms with E-state index in [9.17, 15) is 14.4 Å². The van der Waals surface area contributed by atoms with Crippen LogP contribution in [0.15, 0.2) is 48.5 Å². The molecule has 0 fully saturated rings. The number of hydrogen-bond donors (Lipinski definition) is 3. The molecule has 142 valence electrons. The molecule has 0 atom stereocenters. The number of carbonyl (C=O) groups excluding carboxylic acids is 3. The molecule has 0 unspecified atom stereocenters. The van der Waals surface area contributed by atoms with Crippen LogP contribution in [0.1, 0.15) is 6.92 Å². The van der Waals surface area contributed by atoms with Crippen molar-refractivity contribution in [3.05, 3.63) is 48.5 Å². The van der Waals surface area contributed by atoms with Crippen molar-refractivity contribution < 1.29 is 23.9 Å². The highest BCUT2D eigenvalue weighted by molar-refractivity contribution is 6.39. The first-order chi connectivity index (χ1) is 13.0. The van der Waals surface area contributed by atoms with Crippen molar-refractivity contribution in [2.75, 3.05) is 30.9 Å². The predicted molar refractivity (Wildman–Crippen MR) is 101 cm³/mol. The van der Waals surface area contributed by atoms with Gasteiger partial charge in [0.1, 0.15) is 18.1 Å². The van der Waals surface area contributed by atoms with Gasteiger partial charge in [0.15, 0.2) is 0 Å². The van der Waals surface area contributed by atoms with E-state index >= 15 is 0 Å². The van der Waals surface area contributed by atoms with E-state index in [0.717, 1.165) is 5.75 Å². The molecule has 0 spiro atoms. The number of methoxy groups -OCH3 is 1. The molecule has 0 radical (unpaired) electrons. The van der Waals surface area contributed by atoms with Gasteiger partial charge in [-0.3, -0.25) is 14.4 Å². The summed E-state index contributed by atoms with van der Waals surface area (Å²) in [6.45, 7) is 1.76. The zero-order valence-corrected chi connectivity index (χ0v) is 15.1. The zero-order valence-electron chi connectivity index (χ0n) is 15.1. The fraction of sp³-hybridized carbons (Fsp3) is 0.211. The van der Waals surface area contributed by atoms with Crippen molar-refractivity contribution in [3.8, 4) is 11.5 Å². The molecule has 0 saturated heterocycles. The molecule has 3 N–H and O–H groups in total. The van der Waals surface area contributed by atoms with E-state index in [0.29, 0.717) is 17.1 Å². The number of hydrogen-bond acceptors (Lipinski definition) is 5. The molecule has 0 bridgehead atoms. The van der Waals surface area contributed by atoms with Crippen LogP contribution in [0.25, 0.3) is 0 Å². The Balaban J connectivity index is 1.75. The maximum absolute atomic E-state index is 11.9. The van der Waals surface area contributed by atoms with E-state index in [2.05, 4.69) is 16.0 Å². The van der Waals surface area contributed by atoms with Gasteiger partial charge in [0.05, 0.1) is 13.7 Å². The third kappa shape index (κ3) is 6.69. The molecule has 0 saturated carbocycles. The van der Waals surface area contributed by atoms with Crippen molar-refractivity contribution in [2.45, 2.75) is 6.92 Å². The third-order valence-corrected chi connectivity index (χ3v) is 3.36. The fourth-order valence-electron chi connectivity index (χ4n) is 2.15. The Bertz CT molecular complexity index is 805. The monoisotopic (exact) mass is 371 g/mol. The Morgan fingerprint density at radius 2 is 1.52 bits per heavy atom. The molecular weight excluding hydrogens is 350 g/mol. The Kier molecular flexibility index (Phi) is 7.18. The summed E-state index contributed by atoms with van der Waals surface area (Å²) in [5, 5.41) is 7.54. The maximum atomic E-state index is 11.9. The number of benzene rings is 2. The highest BCUT2D eigenvalue weighted by Crippen LogP contribution is 2.17. The van der Waals surface area contributed by atoms with Gasteiger partial charge in [-0.15, -0.1) is 0 Å². The Morgan fingerprint density at radius 1 is 0.889 bits per heavy atom. The van der Waals surface area contributed by atoms with E-state index in [4.69, 9.17) is 9.47 Å². The number of ether oxygens (including phenoxy) is 2. The highest BCUT2D eigenvalue weighted by atomic mass is 16.5. The second-order valence-electron chi connectivity index (χ2n) is 5.50. The molecule has 0 aliphatic heterocycles. The molecule has 0 heterocycles. The average molecular weight is 371 g/mol. The topological polar surface area (TPSA) is 106 Å². The van der Waals surface area contributed by atoms with Crippen LogP contribution in [0, 0.1) is 0 Å². The van der Waals surface area contributed by atoms with E-state index in [1.807, 2.05) is 0 Å². The number of amides is 3. The largest absolute Gasteiger partial charge is 0.497 e. The lowest BCUT2D eigenvalue weighted by Gasteiger charge is -2.09. The molecule has 8 heteroatoms.